The van der Waals surface area contributed by atoms with Crippen LogP contribution in [0.3, 0.4) is 0 Å². The molecule has 0 bridgehead atoms. The van der Waals surface area contributed by atoms with Gasteiger partial charge in [-0.1, -0.05) is 0 Å². The highest BCUT2D eigenvalue weighted by molar-refractivity contribution is 7.09. The van der Waals surface area contributed by atoms with Crippen molar-refractivity contribution in [3.8, 4) is 0 Å². The average Bonchev–Trinajstić information content (AvgIpc) is 2.93. The Morgan fingerprint density at radius 3 is 2.57 bits per heavy atom. The normalized spacial score (nSPS) is 10.2. The molecule has 1 heterocycles. The van der Waals surface area contributed by atoms with Crippen LogP contribution in [0.1, 0.15) is 28.0 Å². The standard InChI is InChI=1S/C16H19N3O3S/c1-4-22-15(20)12-5-7-13(8-6-12)18-16(21)19(3)9-14-10-23-11(2)17-14/h5-8,10H,4,9H2,1-3H3,(H,18,21). The maximum atomic E-state index is 12.1. The second-order valence-electron chi connectivity index (χ2n) is 4.94. The van der Waals surface area contributed by atoms with Gasteiger partial charge in [-0.3, -0.25) is 0 Å². The molecule has 0 saturated carbocycles. The maximum Gasteiger partial charge on any atom is 0.338 e. The van der Waals surface area contributed by atoms with Crippen molar-refractivity contribution in [1.82, 2.24) is 9.88 Å². The summed E-state index contributed by atoms with van der Waals surface area (Å²) in [7, 11) is 1.71. The summed E-state index contributed by atoms with van der Waals surface area (Å²) in [6.07, 6.45) is 0. The van der Waals surface area contributed by atoms with E-state index in [-0.39, 0.29) is 12.0 Å². The molecule has 1 aromatic heterocycles. The van der Waals surface area contributed by atoms with Crippen molar-refractivity contribution < 1.29 is 14.3 Å². The number of nitrogens with one attached hydrogen (secondary N) is 1. The Morgan fingerprint density at radius 2 is 2.00 bits per heavy atom. The Kier molecular flexibility index (Phi) is 5.70. The highest BCUT2D eigenvalue weighted by Gasteiger charge is 2.12. The maximum absolute atomic E-state index is 12.1. The molecule has 2 amide bonds. The minimum Gasteiger partial charge on any atom is -0.462 e. The van der Waals surface area contributed by atoms with Crippen LogP contribution in [0.2, 0.25) is 0 Å². The van der Waals surface area contributed by atoms with Gasteiger partial charge in [-0.05, 0) is 38.1 Å². The molecule has 1 aromatic carbocycles. The number of aryl methyl sites for hydroxylation is 1. The fourth-order valence-corrected chi connectivity index (χ4v) is 2.52. The van der Waals surface area contributed by atoms with Crippen molar-refractivity contribution in [2.45, 2.75) is 20.4 Å². The first-order chi connectivity index (χ1) is 11.0. The summed E-state index contributed by atoms with van der Waals surface area (Å²) >= 11 is 1.56. The van der Waals surface area contributed by atoms with E-state index in [1.165, 1.54) is 0 Å². The Morgan fingerprint density at radius 1 is 1.30 bits per heavy atom. The van der Waals surface area contributed by atoms with Gasteiger partial charge in [-0.15, -0.1) is 11.3 Å². The van der Waals surface area contributed by atoms with E-state index in [2.05, 4.69) is 10.3 Å². The molecule has 0 atom stereocenters. The van der Waals surface area contributed by atoms with Gasteiger partial charge in [0.1, 0.15) is 0 Å². The van der Waals surface area contributed by atoms with Gasteiger partial charge < -0.3 is 15.0 Å². The summed E-state index contributed by atoms with van der Waals surface area (Å²) in [4.78, 5) is 29.6. The molecule has 7 heteroatoms. The van der Waals surface area contributed by atoms with Crippen molar-refractivity contribution in [3.05, 3.63) is 45.9 Å². The molecule has 0 spiro atoms. The zero-order chi connectivity index (χ0) is 16.8. The lowest BCUT2D eigenvalue weighted by atomic mass is 10.2. The minimum absolute atomic E-state index is 0.237. The summed E-state index contributed by atoms with van der Waals surface area (Å²) in [5.74, 6) is -0.374. The molecular weight excluding hydrogens is 314 g/mol. The number of ether oxygens (including phenoxy) is 1. The highest BCUT2D eigenvalue weighted by Crippen LogP contribution is 2.13. The lowest BCUT2D eigenvalue weighted by molar-refractivity contribution is 0.0526. The summed E-state index contributed by atoms with van der Waals surface area (Å²) in [5, 5.41) is 5.69. The van der Waals surface area contributed by atoms with Gasteiger partial charge in [0.2, 0.25) is 0 Å². The molecule has 2 rings (SSSR count). The number of hydrogen-bond donors (Lipinski definition) is 1. The highest BCUT2D eigenvalue weighted by atomic mass is 32.1. The van der Waals surface area contributed by atoms with Crippen molar-refractivity contribution in [2.75, 3.05) is 19.0 Å². The fraction of sp³-hybridized carbons (Fsp3) is 0.312. The monoisotopic (exact) mass is 333 g/mol. The minimum atomic E-state index is -0.374. The van der Waals surface area contributed by atoms with Crippen LogP contribution in [0.5, 0.6) is 0 Å². The topological polar surface area (TPSA) is 71.5 Å². The number of anilines is 1. The van der Waals surface area contributed by atoms with Crippen molar-refractivity contribution in [3.63, 3.8) is 0 Å². The van der Waals surface area contributed by atoms with E-state index >= 15 is 0 Å². The van der Waals surface area contributed by atoms with E-state index in [4.69, 9.17) is 4.74 Å². The lowest BCUT2D eigenvalue weighted by Crippen LogP contribution is -2.30. The van der Waals surface area contributed by atoms with Crippen molar-refractivity contribution in [1.29, 1.82) is 0 Å². The summed E-state index contributed by atoms with van der Waals surface area (Å²) in [6.45, 7) is 4.46. The SMILES string of the molecule is CCOC(=O)c1ccc(NC(=O)N(C)Cc2csc(C)n2)cc1. The molecule has 0 unspecified atom stereocenters. The van der Waals surface area contributed by atoms with Crippen LogP contribution >= 0.6 is 11.3 Å². The molecule has 6 nitrogen and oxygen atoms in total. The first-order valence-electron chi connectivity index (χ1n) is 7.20. The second kappa shape index (κ2) is 7.73. The molecule has 2 aromatic rings. The molecule has 0 aliphatic carbocycles. The Hall–Kier alpha value is -2.41. The van der Waals surface area contributed by atoms with Crippen LogP contribution in [-0.4, -0.2) is 35.5 Å². The number of aromatic nitrogens is 1. The number of hydrogen-bond acceptors (Lipinski definition) is 5. The van der Waals surface area contributed by atoms with Gasteiger partial charge in [-0.25, -0.2) is 14.6 Å². The van der Waals surface area contributed by atoms with Gasteiger partial charge in [-0.2, -0.15) is 0 Å². The van der Waals surface area contributed by atoms with Crippen LogP contribution in [0, 0.1) is 6.92 Å². The molecule has 0 fully saturated rings. The fourth-order valence-electron chi connectivity index (χ4n) is 1.92. The van der Waals surface area contributed by atoms with Crippen LogP contribution < -0.4 is 5.32 Å². The molecule has 0 aliphatic rings. The van der Waals surface area contributed by atoms with Gasteiger partial charge in [0.05, 0.1) is 29.4 Å². The summed E-state index contributed by atoms with van der Waals surface area (Å²) in [5.41, 5.74) is 1.93. The largest absolute Gasteiger partial charge is 0.462 e. The smallest absolute Gasteiger partial charge is 0.338 e. The van der Waals surface area contributed by atoms with Crippen molar-refractivity contribution in [2.24, 2.45) is 0 Å². The first-order valence-corrected chi connectivity index (χ1v) is 8.08. The van der Waals surface area contributed by atoms with E-state index in [0.717, 1.165) is 10.7 Å². The molecule has 0 aliphatic heterocycles. The van der Waals surface area contributed by atoms with Crippen LogP contribution in [0.15, 0.2) is 29.6 Å². The third-order valence-corrected chi connectivity index (χ3v) is 3.88. The molecular formula is C16H19N3O3S. The number of rotatable bonds is 5. The lowest BCUT2D eigenvalue weighted by Gasteiger charge is -2.17. The zero-order valence-corrected chi connectivity index (χ0v) is 14.1. The summed E-state index contributed by atoms with van der Waals surface area (Å²) in [6, 6.07) is 6.35. The zero-order valence-electron chi connectivity index (χ0n) is 13.3. The van der Waals surface area contributed by atoms with Gasteiger partial charge in [0, 0.05) is 18.1 Å². The number of urea groups is 1. The Balaban J connectivity index is 1.92. The third-order valence-electron chi connectivity index (χ3n) is 3.06. The van der Waals surface area contributed by atoms with Gasteiger partial charge in [0.15, 0.2) is 0 Å². The number of amides is 2. The number of benzene rings is 1. The molecule has 1 N–H and O–H groups in total. The van der Waals surface area contributed by atoms with Crippen LogP contribution in [0.25, 0.3) is 0 Å². The molecule has 23 heavy (non-hydrogen) atoms. The van der Waals surface area contributed by atoms with Gasteiger partial charge in [0.25, 0.3) is 0 Å². The second-order valence-corrected chi connectivity index (χ2v) is 6.00. The van der Waals surface area contributed by atoms with E-state index in [9.17, 15) is 9.59 Å². The Labute approximate surface area is 139 Å². The van der Waals surface area contributed by atoms with Crippen LogP contribution in [-0.2, 0) is 11.3 Å². The predicted octanol–water partition coefficient (Wildman–Crippen LogP) is 3.29. The van der Waals surface area contributed by atoms with Crippen LogP contribution in [0.4, 0.5) is 10.5 Å². The number of nitrogens with zero attached hydrogens (tertiary/aromatic N) is 2. The predicted molar refractivity (Wildman–Crippen MR) is 89.7 cm³/mol. The van der Waals surface area contributed by atoms with Crippen molar-refractivity contribution >= 4 is 29.0 Å². The average molecular weight is 333 g/mol. The molecule has 0 radical (unpaired) electrons. The van der Waals surface area contributed by atoms with E-state index in [1.807, 2.05) is 12.3 Å². The quantitative estimate of drug-likeness (QED) is 0.852. The number of esters is 1. The Bertz CT molecular complexity index is 682. The molecule has 0 saturated heterocycles. The van der Waals surface area contributed by atoms with E-state index < -0.39 is 0 Å². The number of carbonyl (C=O) groups excluding carboxylic acids is 2. The molecule has 122 valence electrons. The number of carbonyl (C=O) groups is 2. The van der Waals surface area contributed by atoms with Gasteiger partial charge >= 0.3 is 12.0 Å². The van der Waals surface area contributed by atoms with E-state index in [0.29, 0.717) is 24.4 Å². The summed E-state index contributed by atoms with van der Waals surface area (Å²) < 4.78 is 4.92. The number of thiazole rings is 1. The van der Waals surface area contributed by atoms with E-state index in [1.54, 1.807) is 54.5 Å². The third kappa shape index (κ3) is 4.79. The first kappa shape index (κ1) is 17.0.